The van der Waals surface area contributed by atoms with E-state index in [1.807, 2.05) is 35.5 Å². The first-order valence-electron chi connectivity index (χ1n) is 8.48. The highest BCUT2D eigenvalue weighted by atomic mass is 79.9. The summed E-state index contributed by atoms with van der Waals surface area (Å²) in [6.45, 7) is 4.10. The van der Waals surface area contributed by atoms with Crippen LogP contribution in [0.2, 0.25) is 0 Å². The number of nitrogens with zero attached hydrogens (tertiary/aromatic N) is 3. The molecule has 0 bridgehead atoms. The lowest BCUT2D eigenvalue weighted by Crippen LogP contribution is -2.48. The summed E-state index contributed by atoms with van der Waals surface area (Å²) in [5.74, 6) is 0.0894. The molecule has 1 fully saturated rings. The molecule has 0 unspecified atom stereocenters. The summed E-state index contributed by atoms with van der Waals surface area (Å²) in [5.41, 5.74) is 2.90. The number of aromatic nitrogens is 2. The predicted molar refractivity (Wildman–Crippen MR) is 109 cm³/mol. The lowest BCUT2D eigenvalue weighted by Gasteiger charge is -2.34. The first kappa shape index (κ1) is 17.7. The Morgan fingerprint density at radius 3 is 2.65 bits per heavy atom. The van der Waals surface area contributed by atoms with Gasteiger partial charge < -0.3 is 9.88 Å². The van der Waals surface area contributed by atoms with Crippen LogP contribution in [-0.4, -0.2) is 51.9 Å². The number of H-pyrrole nitrogens is 1. The van der Waals surface area contributed by atoms with Crippen LogP contribution in [0.25, 0.3) is 10.9 Å². The standard InChI is InChI=1S/C19H18Br2N4O/c20-16-8-14-15(11-23-18(14)9-17(16)21)19(26)25-6-4-24(5-7-25)12-13-2-1-3-22-10-13/h1-3,8-11,23H,4-7,12H2. The van der Waals surface area contributed by atoms with Crippen molar-refractivity contribution in [2.24, 2.45) is 0 Å². The van der Waals surface area contributed by atoms with Crippen LogP contribution in [0.1, 0.15) is 15.9 Å². The molecule has 1 aromatic carbocycles. The van der Waals surface area contributed by atoms with Gasteiger partial charge in [0, 0.05) is 71.2 Å². The van der Waals surface area contributed by atoms with Gasteiger partial charge in [-0.1, -0.05) is 6.07 Å². The van der Waals surface area contributed by atoms with Crippen LogP contribution in [0.15, 0.2) is 51.8 Å². The Balaban J connectivity index is 1.45. The van der Waals surface area contributed by atoms with Crippen LogP contribution in [0.5, 0.6) is 0 Å². The van der Waals surface area contributed by atoms with Gasteiger partial charge in [0.05, 0.1) is 5.56 Å². The molecule has 26 heavy (non-hydrogen) atoms. The molecule has 0 saturated carbocycles. The molecule has 2 aromatic heterocycles. The Morgan fingerprint density at radius 1 is 1.15 bits per heavy atom. The number of rotatable bonds is 3. The maximum atomic E-state index is 13.0. The number of nitrogens with one attached hydrogen (secondary N) is 1. The molecule has 3 heterocycles. The fraction of sp³-hybridized carbons (Fsp3) is 0.263. The van der Waals surface area contributed by atoms with Gasteiger partial charge in [0.15, 0.2) is 0 Å². The van der Waals surface area contributed by atoms with Gasteiger partial charge in [0.25, 0.3) is 5.91 Å². The second kappa shape index (κ2) is 7.50. The third kappa shape index (κ3) is 3.56. The first-order chi connectivity index (χ1) is 12.6. The maximum absolute atomic E-state index is 13.0. The van der Waals surface area contributed by atoms with E-state index in [0.29, 0.717) is 0 Å². The van der Waals surface area contributed by atoms with Crippen LogP contribution in [0, 0.1) is 0 Å². The number of pyridine rings is 1. The lowest BCUT2D eigenvalue weighted by atomic mass is 10.1. The minimum absolute atomic E-state index is 0.0894. The van der Waals surface area contributed by atoms with Crippen molar-refractivity contribution in [3.05, 3.63) is 62.9 Å². The summed E-state index contributed by atoms with van der Waals surface area (Å²) in [5, 5.41) is 0.947. The summed E-state index contributed by atoms with van der Waals surface area (Å²) in [6.07, 6.45) is 5.51. The quantitative estimate of drug-likeness (QED) is 0.619. The van der Waals surface area contributed by atoms with Crippen molar-refractivity contribution in [3.63, 3.8) is 0 Å². The zero-order valence-corrected chi connectivity index (χ0v) is 17.3. The lowest BCUT2D eigenvalue weighted by molar-refractivity contribution is 0.0630. The van der Waals surface area contributed by atoms with Gasteiger partial charge in [0.2, 0.25) is 0 Å². The number of amides is 1. The predicted octanol–water partition coefficient (Wildman–Crippen LogP) is 4.05. The molecule has 4 rings (SSSR count). The molecule has 0 atom stereocenters. The molecular weight excluding hydrogens is 460 g/mol. The van der Waals surface area contributed by atoms with E-state index >= 15 is 0 Å². The van der Waals surface area contributed by atoms with Gasteiger partial charge in [-0.2, -0.15) is 0 Å². The van der Waals surface area contributed by atoms with Crippen molar-refractivity contribution >= 4 is 48.7 Å². The zero-order valence-electron chi connectivity index (χ0n) is 14.1. The number of fused-ring (bicyclic) bond motifs is 1. The maximum Gasteiger partial charge on any atom is 0.256 e. The normalized spacial score (nSPS) is 15.5. The highest BCUT2D eigenvalue weighted by molar-refractivity contribution is 9.13. The molecule has 0 aliphatic carbocycles. The minimum Gasteiger partial charge on any atom is -0.360 e. The molecule has 5 nitrogen and oxygen atoms in total. The largest absolute Gasteiger partial charge is 0.360 e. The Hall–Kier alpha value is -1.70. The highest BCUT2D eigenvalue weighted by Crippen LogP contribution is 2.30. The Bertz CT molecular complexity index is 933. The van der Waals surface area contributed by atoms with Crippen molar-refractivity contribution < 1.29 is 4.79 Å². The van der Waals surface area contributed by atoms with Crippen molar-refractivity contribution in [2.75, 3.05) is 26.2 Å². The average Bonchev–Trinajstić information content (AvgIpc) is 3.05. The molecule has 1 aliphatic heterocycles. The fourth-order valence-corrected chi connectivity index (χ4v) is 4.01. The molecule has 1 aliphatic rings. The fourth-order valence-electron chi connectivity index (χ4n) is 3.32. The van der Waals surface area contributed by atoms with E-state index in [-0.39, 0.29) is 5.91 Å². The minimum atomic E-state index is 0.0894. The van der Waals surface area contributed by atoms with Gasteiger partial charge in [-0.25, -0.2) is 0 Å². The van der Waals surface area contributed by atoms with E-state index in [2.05, 4.69) is 52.8 Å². The molecule has 1 amide bonds. The number of piperazine rings is 1. The second-order valence-corrected chi connectivity index (χ2v) is 8.15. The molecule has 1 saturated heterocycles. The number of hydrogen-bond donors (Lipinski definition) is 1. The summed E-state index contributed by atoms with van der Waals surface area (Å²) < 4.78 is 1.91. The Labute approximate surface area is 168 Å². The van der Waals surface area contributed by atoms with E-state index in [9.17, 15) is 4.79 Å². The van der Waals surface area contributed by atoms with Crippen molar-refractivity contribution in [3.8, 4) is 0 Å². The van der Waals surface area contributed by atoms with Gasteiger partial charge in [-0.15, -0.1) is 0 Å². The van der Waals surface area contributed by atoms with E-state index in [0.717, 1.165) is 58.1 Å². The van der Waals surface area contributed by atoms with E-state index < -0.39 is 0 Å². The van der Waals surface area contributed by atoms with Crippen LogP contribution in [-0.2, 0) is 6.54 Å². The molecule has 1 N–H and O–H groups in total. The molecular formula is C19H18Br2N4O. The summed E-state index contributed by atoms with van der Waals surface area (Å²) in [7, 11) is 0. The molecule has 0 spiro atoms. The number of hydrogen-bond acceptors (Lipinski definition) is 3. The van der Waals surface area contributed by atoms with Gasteiger partial charge >= 0.3 is 0 Å². The van der Waals surface area contributed by atoms with Crippen molar-refractivity contribution in [1.29, 1.82) is 0 Å². The summed E-state index contributed by atoms with van der Waals surface area (Å²) >= 11 is 7.02. The average molecular weight is 478 g/mol. The monoisotopic (exact) mass is 476 g/mol. The van der Waals surface area contributed by atoms with Gasteiger partial charge in [-0.3, -0.25) is 14.7 Å². The number of halogens is 2. The second-order valence-electron chi connectivity index (χ2n) is 6.44. The number of aromatic amines is 1. The summed E-state index contributed by atoms with van der Waals surface area (Å²) in [4.78, 5) is 24.7. The third-order valence-electron chi connectivity index (χ3n) is 4.74. The third-order valence-corrected chi connectivity index (χ3v) is 6.59. The molecule has 3 aromatic rings. The topological polar surface area (TPSA) is 52.2 Å². The van der Waals surface area contributed by atoms with Crippen molar-refractivity contribution in [1.82, 2.24) is 19.8 Å². The van der Waals surface area contributed by atoms with Crippen LogP contribution < -0.4 is 0 Å². The SMILES string of the molecule is O=C(c1c[nH]c2cc(Br)c(Br)cc12)N1CCN(Cc2cccnc2)CC1. The first-order valence-corrected chi connectivity index (χ1v) is 10.1. The number of carbonyl (C=O) groups is 1. The van der Waals surface area contributed by atoms with E-state index in [1.165, 1.54) is 5.56 Å². The van der Waals surface area contributed by atoms with Crippen molar-refractivity contribution in [2.45, 2.75) is 6.54 Å². The molecule has 134 valence electrons. The zero-order chi connectivity index (χ0) is 18.1. The highest BCUT2D eigenvalue weighted by Gasteiger charge is 2.24. The number of benzene rings is 1. The van der Waals surface area contributed by atoms with E-state index in [4.69, 9.17) is 0 Å². The number of carbonyl (C=O) groups excluding carboxylic acids is 1. The van der Waals surface area contributed by atoms with Crippen LogP contribution in [0.3, 0.4) is 0 Å². The smallest absolute Gasteiger partial charge is 0.256 e. The molecule has 0 radical (unpaired) electrons. The van der Waals surface area contributed by atoms with Crippen LogP contribution >= 0.6 is 31.9 Å². The van der Waals surface area contributed by atoms with E-state index in [1.54, 1.807) is 6.20 Å². The Kier molecular flexibility index (Phi) is 5.11. The van der Waals surface area contributed by atoms with Gasteiger partial charge in [-0.05, 0) is 55.6 Å². The molecule has 7 heteroatoms. The van der Waals surface area contributed by atoms with Gasteiger partial charge in [0.1, 0.15) is 0 Å². The van der Waals surface area contributed by atoms with Crippen LogP contribution in [0.4, 0.5) is 0 Å². The summed E-state index contributed by atoms with van der Waals surface area (Å²) in [6, 6.07) is 8.03. The Morgan fingerprint density at radius 2 is 1.92 bits per heavy atom.